The van der Waals surface area contributed by atoms with Crippen LogP contribution in [0.15, 0.2) is 24.3 Å². The summed E-state index contributed by atoms with van der Waals surface area (Å²) in [5.41, 5.74) is 1.66. The summed E-state index contributed by atoms with van der Waals surface area (Å²) in [6.07, 6.45) is 17.3. The zero-order valence-electron chi connectivity index (χ0n) is 23.9. The monoisotopic (exact) mass is 525 g/mol. The molecule has 1 aromatic carbocycles. The molecule has 3 amide bonds. The predicted octanol–water partition coefficient (Wildman–Crippen LogP) is 6.31. The maximum absolute atomic E-state index is 13.1. The Labute approximate surface area is 230 Å². The molecule has 2 aliphatic rings. The van der Waals surface area contributed by atoms with Gasteiger partial charge in [0.25, 0.3) is 5.91 Å². The highest BCUT2D eigenvalue weighted by molar-refractivity contribution is 5.95. The second-order valence-electron chi connectivity index (χ2n) is 11.5. The maximum Gasteiger partial charge on any atom is 0.251 e. The average Bonchev–Trinajstić information content (AvgIpc) is 2.93. The molecule has 3 rings (SSSR count). The number of nitrogens with one attached hydrogen (secondary N) is 2. The lowest BCUT2D eigenvalue weighted by atomic mass is 9.88. The normalized spacial score (nSPS) is 20.2. The van der Waals surface area contributed by atoms with Crippen molar-refractivity contribution in [1.29, 1.82) is 0 Å². The number of hydrogen-bond acceptors (Lipinski definition) is 3. The lowest BCUT2D eigenvalue weighted by Crippen LogP contribution is -2.55. The fourth-order valence-electron chi connectivity index (χ4n) is 5.99. The van der Waals surface area contributed by atoms with E-state index >= 15 is 0 Å². The van der Waals surface area contributed by atoms with E-state index in [1.54, 1.807) is 0 Å². The first-order valence-electron chi connectivity index (χ1n) is 15.4. The van der Waals surface area contributed by atoms with Gasteiger partial charge in [-0.25, -0.2) is 0 Å². The number of hydrogen-bond donors (Lipinski definition) is 2. The minimum atomic E-state index is -0.0620. The average molecular weight is 526 g/mol. The van der Waals surface area contributed by atoms with Gasteiger partial charge in [-0.05, 0) is 50.7 Å². The third kappa shape index (κ3) is 9.74. The number of benzene rings is 1. The van der Waals surface area contributed by atoms with Crippen molar-refractivity contribution >= 4 is 17.7 Å². The molecule has 2 atom stereocenters. The molecule has 38 heavy (non-hydrogen) atoms. The van der Waals surface area contributed by atoms with Crippen molar-refractivity contribution in [3.05, 3.63) is 35.4 Å². The number of unbranched alkanes of at least 4 members (excludes halogenated alkanes) is 8. The minimum absolute atomic E-state index is 0.0319. The summed E-state index contributed by atoms with van der Waals surface area (Å²) >= 11 is 0. The van der Waals surface area contributed by atoms with Gasteiger partial charge in [-0.15, -0.1) is 0 Å². The third-order valence-corrected chi connectivity index (χ3v) is 8.51. The summed E-state index contributed by atoms with van der Waals surface area (Å²) in [6, 6.07) is 7.55. The van der Waals surface area contributed by atoms with E-state index in [1.165, 1.54) is 44.9 Å². The number of amides is 3. The smallest absolute Gasteiger partial charge is 0.251 e. The van der Waals surface area contributed by atoms with Crippen LogP contribution < -0.4 is 10.6 Å². The first-order valence-corrected chi connectivity index (χ1v) is 15.4. The quantitative estimate of drug-likeness (QED) is 0.279. The van der Waals surface area contributed by atoms with E-state index in [1.807, 2.05) is 36.1 Å². The molecule has 2 N–H and O–H groups in total. The van der Waals surface area contributed by atoms with Crippen LogP contribution in [0.5, 0.6) is 0 Å². The van der Waals surface area contributed by atoms with Crippen LogP contribution in [-0.2, 0) is 9.59 Å². The van der Waals surface area contributed by atoms with Crippen LogP contribution in [0.2, 0.25) is 0 Å². The van der Waals surface area contributed by atoms with E-state index in [2.05, 4.69) is 17.6 Å². The fourth-order valence-corrected chi connectivity index (χ4v) is 5.99. The summed E-state index contributed by atoms with van der Waals surface area (Å²) in [6.45, 7) is 5.54. The van der Waals surface area contributed by atoms with Gasteiger partial charge in [0.1, 0.15) is 0 Å². The number of rotatable bonds is 14. The Morgan fingerprint density at radius 3 is 2.00 bits per heavy atom. The highest BCUT2D eigenvalue weighted by Crippen LogP contribution is 2.23. The predicted molar refractivity (Wildman–Crippen MR) is 154 cm³/mol. The molecular formula is C32H51N3O3. The van der Waals surface area contributed by atoms with Crippen molar-refractivity contribution in [2.24, 2.45) is 5.92 Å². The minimum Gasteiger partial charge on any atom is -0.351 e. The van der Waals surface area contributed by atoms with Crippen molar-refractivity contribution < 1.29 is 14.4 Å². The molecule has 0 spiro atoms. The zero-order valence-corrected chi connectivity index (χ0v) is 23.9. The van der Waals surface area contributed by atoms with Crippen molar-refractivity contribution in [1.82, 2.24) is 15.5 Å². The van der Waals surface area contributed by atoms with Crippen LogP contribution in [0.25, 0.3) is 0 Å². The molecule has 1 saturated carbocycles. The van der Waals surface area contributed by atoms with Crippen LogP contribution in [0.3, 0.4) is 0 Å². The molecule has 212 valence electrons. The van der Waals surface area contributed by atoms with E-state index in [9.17, 15) is 14.4 Å². The Morgan fingerprint density at radius 2 is 1.37 bits per heavy atom. The van der Waals surface area contributed by atoms with Gasteiger partial charge in [0, 0.05) is 43.1 Å². The molecular weight excluding hydrogens is 474 g/mol. The Morgan fingerprint density at radius 1 is 0.789 bits per heavy atom. The van der Waals surface area contributed by atoms with Crippen molar-refractivity contribution in [2.45, 2.75) is 129 Å². The highest BCUT2D eigenvalue weighted by Gasteiger charge is 2.32. The molecule has 0 aromatic heterocycles. The van der Waals surface area contributed by atoms with Crippen LogP contribution in [0.4, 0.5) is 0 Å². The van der Waals surface area contributed by atoms with Gasteiger partial charge < -0.3 is 15.5 Å². The SMILES string of the molecule is CCCCCCCCCCCC(=O)N1CCC(C(=O)N[C@@H]2CCCC[C@H]2NC(=O)c2ccccc2C)CC1. The van der Waals surface area contributed by atoms with Gasteiger partial charge >= 0.3 is 0 Å². The number of aryl methyl sites for hydroxylation is 1. The Bertz CT molecular complexity index is 878. The summed E-state index contributed by atoms with van der Waals surface area (Å²) < 4.78 is 0. The van der Waals surface area contributed by atoms with E-state index in [4.69, 9.17) is 0 Å². The van der Waals surface area contributed by atoms with Crippen LogP contribution in [0, 0.1) is 12.8 Å². The lowest BCUT2D eigenvalue weighted by Gasteiger charge is -2.36. The highest BCUT2D eigenvalue weighted by atomic mass is 16.2. The fraction of sp³-hybridized carbons (Fsp3) is 0.719. The van der Waals surface area contributed by atoms with Gasteiger partial charge in [-0.2, -0.15) is 0 Å². The summed E-state index contributed by atoms with van der Waals surface area (Å²) in [4.78, 5) is 40.6. The summed E-state index contributed by atoms with van der Waals surface area (Å²) in [5.74, 6) is 0.214. The van der Waals surface area contributed by atoms with Crippen molar-refractivity contribution in [3.63, 3.8) is 0 Å². The van der Waals surface area contributed by atoms with Gasteiger partial charge in [0.2, 0.25) is 11.8 Å². The molecule has 0 unspecified atom stereocenters. The van der Waals surface area contributed by atoms with E-state index in [0.717, 1.165) is 56.9 Å². The third-order valence-electron chi connectivity index (χ3n) is 8.51. The number of carbonyl (C=O) groups is 3. The molecule has 1 aromatic rings. The molecule has 6 nitrogen and oxygen atoms in total. The molecule has 1 saturated heterocycles. The van der Waals surface area contributed by atoms with Gasteiger partial charge in [-0.3, -0.25) is 14.4 Å². The number of nitrogens with zero attached hydrogens (tertiary/aromatic N) is 1. The van der Waals surface area contributed by atoms with Gasteiger partial charge in [-0.1, -0.05) is 89.3 Å². The van der Waals surface area contributed by atoms with Crippen LogP contribution in [0.1, 0.15) is 126 Å². The Hall–Kier alpha value is -2.37. The van der Waals surface area contributed by atoms with Crippen LogP contribution >= 0.6 is 0 Å². The van der Waals surface area contributed by atoms with E-state index < -0.39 is 0 Å². The second-order valence-corrected chi connectivity index (χ2v) is 11.5. The lowest BCUT2D eigenvalue weighted by molar-refractivity contribution is -0.136. The molecule has 0 radical (unpaired) electrons. The van der Waals surface area contributed by atoms with Crippen molar-refractivity contribution in [3.8, 4) is 0 Å². The first kappa shape index (κ1) is 30.2. The van der Waals surface area contributed by atoms with Crippen LogP contribution in [-0.4, -0.2) is 47.8 Å². The van der Waals surface area contributed by atoms with Gasteiger partial charge in [0.15, 0.2) is 0 Å². The molecule has 0 bridgehead atoms. The van der Waals surface area contributed by atoms with Crippen molar-refractivity contribution in [2.75, 3.05) is 13.1 Å². The largest absolute Gasteiger partial charge is 0.351 e. The summed E-state index contributed by atoms with van der Waals surface area (Å²) in [7, 11) is 0. The van der Waals surface area contributed by atoms with E-state index in [-0.39, 0.29) is 35.7 Å². The molecule has 1 aliphatic heterocycles. The standard InChI is InChI=1S/C32H51N3O3/c1-3-4-5-6-7-8-9-10-11-20-30(36)35-23-21-26(22-24-35)31(37)33-28-18-14-15-19-29(28)34-32(38)27-17-13-12-16-25(27)2/h12-13,16-17,26,28-29H,3-11,14-15,18-24H2,1-2H3,(H,33,37)(H,34,38)/t28-,29-/m1/s1. The Kier molecular flexibility index (Phi) is 13.2. The number of carbonyl (C=O) groups excluding carboxylic acids is 3. The van der Waals surface area contributed by atoms with Gasteiger partial charge in [0.05, 0.1) is 0 Å². The topological polar surface area (TPSA) is 78.5 Å². The zero-order chi connectivity index (χ0) is 27.2. The maximum atomic E-state index is 13.1. The number of piperidine rings is 1. The molecule has 2 fully saturated rings. The Balaban J connectivity index is 1.35. The second kappa shape index (κ2) is 16.6. The molecule has 1 aliphatic carbocycles. The molecule has 6 heteroatoms. The van der Waals surface area contributed by atoms with E-state index in [0.29, 0.717) is 25.1 Å². The molecule has 1 heterocycles. The first-order chi connectivity index (χ1) is 18.5. The summed E-state index contributed by atoms with van der Waals surface area (Å²) in [5, 5.41) is 6.46. The number of likely N-dealkylation sites (tertiary alicyclic amines) is 1.